The van der Waals surface area contributed by atoms with Crippen LogP contribution in [-0.2, 0) is 16.0 Å². The smallest absolute Gasteiger partial charge is 0.311 e. The minimum absolute atomic E-state index is 0.106. The van der Waals surface area contributed by atoms with Gasteiger partial charge in [-0.1, -0.05) is 0 Å². The first-order chi connectivity index (χ1) is 11.0. The van der Waals surface area contributed by atoms with Crippen LogP contribution in [-0.4, -0.2) is 42.0 Å². The molecule has 0 N–H and O–H groups in total. The van der Waals surface area contributed by atoms with E-state index in [2.05, 4.69) is 4.90 Å². The number of esters is 1. The number of carbonyl (C=O) groups is 2. The van der Waals surface area contributed by atoms with E-state index in [1.807, 2.05) is 7.05 Å². The zero-order valence-electron chi connectivity index (χ0n) is 13.0. The summed E-state index contributed by atoms with van der Waals surface area (Å²) in [4.78, 5) is 26.9. The Hall–Kier alpha value is -2.21. The predicted octanol–water partition coefficient (Wildman–Crippen LogP) is 2.14. The van der Waals surface area contributed by atoms with Gasteiger partial charge in [-0.3, -0.25) is 19.1 Å². The highest BCUT2D eigenvalue weighted by Crippen LogP contribution is 2.44. The van der Waals surface area contributed by atoms with Crippen molar-refractivity contribution in [2.45, 2.75) is 18.9 Å². The molecule has 0 saturated heterocycles. The van der Waals surface area contributed by atoms with Gasteiger partial charge in [0, 0.05) is 24.0 Å². The van der Waals surface area contributed by atoms with Crippen LogP contribution in [0.3, 0.4) is 0 Å². The maximum Gasteiger partial charge on any atom is 0.311 e. The second-order valence-electron chi connectivity index (χ2n) is 6.26. The van der Waals surface area contributed by atoms with Crippen LogP contribution in [0.15, 0.2) is 18.2 Å². The number of halogens is 1. The first-order valence-corrected chi connectivity index (χ1v) is 7.67. The molecule has 2 aliphatic rings. The molecule has 2 aliphatic heterocycles. The number of hydrogen-bond donors (Lipinski definition) is 0. The molecule has 1 aromatic carbocycles. The van der Waals surface area contributed by atoms with Gasteiger partial charge in [0.05, 0.1) is 24.6 Å². The Morgan fingerprint density at radius 2 is 2.17 bits per heavy atom. The molecule has 0 bridgehead atoms. The molecule has 2 aromatic rings. The molecule has 2 atom stereocenters. The van der Waals surface area contributed by atoms with Crippen molar-refractivity contribution < 1.29 is 18.7 Å². The van der Waals surface area contributed by atoms with Gasteiger partial charge in [-0.2, -0.15) is 0 Å². The lowest BCUT2D eigenvalue weighted by Crippen LogP contribution is -2.45. The van der Waals surface area contributed by atoms with Crippen LogP contribution in [0.5, 0.6) is 0 Å². The van der Waals surface area contributed by atoms with E-state index in [0.29, 0.717) is 0 Å². The SMILES string of the molecule is COC(=O)[C@H]1CC(=O)n2c3c(c4cc(F)ccc42)CCN(C)[C@@H]31. The lowest BCUT2D eigenvalue weighted by atomic mass is 9.84. The van der Waals surface area contributed by atoms with Gasteiger partial charge in [0.15, 0.2) is 0 Å². The average molecular weight is 316 g/mol. The zero-order chi connectivity index (χ0) is 16.3. The third-order valence-electron chi connectivity index (χ3n) is 5.07. The van der Waals surface area contributed by atoms with Crippen molar-refractivity contribution in [2.75, 3.05) is 20.7 Å². The van der Waals surface area contributed by atoms with E-state index in [-0.39, 0.29) is 30.2 Å². The third kappa shape index (κ3) is 1.88. The Morgan fingerprint density at radius 3 is 2.91 bits per heavy atom. The van der Waals surface area contributed by atoms with Crippen molar-refractivity contribution in [3.63, 3.8) is 0 Å². The van der Waals surface area contributed by atoms with Gasteiger partial charge < -0.3 is 4.74 Å². The maximum absolute atomic E-state index is 13.7. The number of likely N-dealkylation sites (N-methyl/N-ethyl adjacent to an activating group) is 1. The van der Waals surface area contributed by atoms with Gasteiger partial charge in [0.25, 0.3) is 0 Å². The summed E-state index contributed by atoms with van der Waals surface area (Å²) in [5, 5.41) is 0.775. The number of ether oxygens (including phenoxy) is 1. The summed E-state index contributed by atoms with van der Waals surface area (Å²) in [5.74, 6) is -1.34. The highest BCUT2D eigenvalue weighted by molar-refractivity contribution is 5.99. The minimum atomic E-state index is -0.516. The molecule has 0 fully saturated rings. The summed E-state index contributed by atoms with van der Waals surface area (Å²) in [7, 11) is 3.29. The fraction of sp³-hybridized carbons (Fsp3) is 0.412. The second-order valence-corrected chi connectivity index (χ2v) is 6.26. The van der Waals surface area contributed by atoms with Crippen LogP contribution in [0.4, 0.5) is 4.39 Å². The molecule has 6 heteroatoms. The van der Waals surface area contributed by atoms with E-state index in [0.717, 1.165) is 35.1 Å². The van der Waals surface area contributed by atoms with E-state index in [9.17, 15) is 14.0 Å². The molecule has 0 unspecified atom stereocenters. The molecule has 23 heavy (non-hydrogen) atoms. The molecule has 0 aliphatic carbocycles. The van der Waals surface area contributed by atoms with Gasteiger partial charge in [-0.25, -0.2) is 4.39 Å². The number of hydrogen-bond acceptors (Lipinski definition) is 4. The molecule has 4 rings (SSSR count). The Kier molecular flexibility index (Phi) is 3.06. The predicted molar refractivity (Wildman–Crippen MR) is 81.7 cm³/mol. The van der Waals surface area contributed by atoms with Crippen molar-refractivity contribution >= 4 is 22.8 Å². The third-order valence-corrected chi connectivity index (χ3v) is 5.07. The van der Waals surface area contributed by atoms with Crippen LogP contribution < -0.4 is 0 Å². The van der Waals surface area contributed by atoms with Crippen molar-refractivity contribution in [2.24, 2.45) is 5.92 Å². The Balaban J connectivity index is 2.03. The topological polar surface area (TPSA) is 51.5 Å². The normalized spacial score (nSPS) is 23.9. The number of aromatic nitrogens is 1. The van der Waals surface area contributed by atoms with Crippen LogP contribution in [0.25, 0.3) is 10.9 Å². The molecule has 0 spiro atoms. The van der Waals surface area contributed by atoms with Gasteiger partial charge >= 0.3 is 5.97 Å². The number of methoxy groups -OCH3 is 1. The fourth-order valence-electron chi connectivity index (χ4n) is 4.08. The lowest BCUT2D eigenvalue weighted by molar-refractivity contribution is -0.148. The number of nitrogens with zero attached hydrogens (tertiary/aromatic N) is 2. The summed E-state index contributed by atoms with van der Waals surface area (Å²) in [6.45, 7) is 0.759. The lowest BCUT2D eigenvalue weighted by Gasteiger charge is -2.40. The summed E-state index contributed by atoms with van der Waals surface area (Å²) in [5.41, 5.74) is 2.53. The number of carbonyl (C=O) groups excluding carboxylic acids is 2. The molecule has 3 heterocycles. The fourth-order valence-corrected chi connectivity index (χ4v) is 4.08. The molecule has 0 radical (unpaired) electrons. The molecule has 5 nitrogen and oxygen atoms in total. The Bertz CT molecular complexity index is 842. The molecule has 120 valence electrons. The van der Waals surface area contributed by atoms with E-state index in [1.165, 1.54) is 19.2 Å². The molecule has 0 saturated carbocycles. The standard InChI is InChI=1S/C17H17FN2O3/c1-19-6-5-10-11-7-9(18)3-4-13(11)20-14(21)8-12(17(22)23-2)15(19)16(10)20/h3-4,7,12,15H,5-6,8H2,1-2H3/t12-,15+/m0/s1. The molecule has 0 amide bonds. The van der Waals surface area contributed by atoms with E-state index in [1.54, 1.807) is 10.6 Å². The summed E-state index contributed by atoms with van der Waals surface area (Å²) < 4.78 is 20.3. The van der Waals surface area contributed by atoms with Crippen LogP contribution >= 0.6 is 0 Å². The van der Waals surface area contributed by atoms with Crippen molar-refractivity contribution in [1.82, 2.24) is 9.47 Å². The number of rotatable bonds is 1. The van der Waals surface area contributed by atoms with Gasteiger partial charge in [-0.15, -0.1) is 0 Å². The Labute approximate surface area is 132 Å². The molecular weight excluding hydrogens is 299 g/mol. The number of benzene rings is 1. The quantitative estimate of drug-likeness (QED) is 0.757. The Morgan fingerprint density at radius 1 is 1.39 bits per heavy atom. The summed E-state index contributed by atoms with van der Waals surface area (Å²) >= 11 is 0. The maximum atomic E-state index is 13.7. The van der Waals surface area contributed by atoms with Crippen LogP contribution in [0, 0.1) is 11.7 Å². The van der Waals surface area contributed by atoms with Gasteiger partial charge in [0.1, 0.15) is 5.82 Å². The average Bonchev–Trinajstić information content (AvgIpc) is 2.86. The van der Waals surface area contributed by atoms with E-state index >= 15 is 0 Å². The summed E-state index contributed by atoms with van der Waals surface area (Å²) in [6.07, 6.45) is 0.839. The van der Waals surface area contributed by atoms with Crippen molar-refractivity contribution in [3.8, 4) is 0 Å². The van der Waals surface area contributed by atoms with Crippen molar-refractivity contribution in [1.29, 1.82) is 0 Å². The first kappa shape index (κ1) is 14.4. The van der Waals surface area contributed by atoms with E-state index in [4.69, 9.17) is 4.74 Å². The molecule has 1 aromatic heterocycles. The van der Waals surface area contributed by atoms with Crippen LogP contribution in [0.2, 0.25) is 0 Å². The molecular formula is C17H17FN2O3. The highest BCUT2D eigenvalue weighted by Gasteiger charge is 2.45. The second kappa shape index (κ2) is 4.89. The largest absolute Gasteiger partial charge is 0.469 e. The van der Waals surface area contributed by atoms with E-state index < -0.39 is 5.92 Å². The van der Waals surface area contributed by atoms with Crippen molar-refractivity contribution in [3.05, 3.63) is 35.3 Å². The van der Waals surface area contributed by atoms with Crippen LogP contribution in [0.1, 0.15) is 28.5 Å². The first-order valence-electron chi connectivity index (χ1n) is 7.67. The minimum Gasteiger partial charge on any atom is -0.469 e. The van der Waals surface area contributed by atoms with Gasteiger partial charge in [-0.05, 0) is 37.2 Å². The van der Waals surface area contributed by atoms with Gasteiger partial charge in [0.2, 0.25) is 5.91 Å². The highest BCUT2D eigenvalue weighted by atomic mass is 19.1. The number of fused-ring (bicyclic) bond motifs is 3. The summed E-state index contributed by atoms with van der Waals surface area (Å²) in [6, 6.07) is 4.30. The zero-order valence-corrected chi connectivity index (χ0v) is 13.0. The monoisotopic (exact) mass is 316 g/mol.